The van der Waals surface area contributed by atoms with Gasteiger partial charge in [0, 0.05) is 12.7 Å². The third-order valence-corrected chi connectivity index (χ3v) is 4.53. The number of aromatic amines is 2. The third kappa shape index (κ3) is 3.35. The Kier molecular flexibility index (Phi) is 4.58. The fourth-order valence-electron chi connectivity index (χ4n) is 3.11. The molecule has 23 heavy (non-hydrogen) atoms. The Morgan fingerprint density at radius 1 is 1.30 bits per heavy atom. The molecule has 6 nitrogen and oxygen atoms in total. The number of benzene rings is 1. The van der Waals surface area contributed by atoms with Gasteiger partial charge in [0.05, 0.1) is 23.0 Å². The van der Waals surface area contributed by atoms with Crippen molar-refractivity contribution >= 4 is 29.0 Å². The number of nitrogens with one attached hydrogen (secondary N) is 3. The average Bonchev–Trinajstić information content (AvgIpc) is 2.54. The molecule has 0 bridgehead atoms. The van der Waals surface area contributed by atoms with Crippen LogP contribution in [-0.4, -0.2) is 35.1 Å². The maximum atomic E-state index is 12.5. The summed E-state index contributed by atoms with van der Waals surface area (Å²) in [5.74, 6) is -0.166. The Balaban J connectivity index is 1.86. The first-order valence-corrected chi connectivity index (χ1v) is 8.09. The lowest BCUT2D eigenvalue weighted by atomic mass is 9.92. The highest BCUT2D eigenvalue weighted by Gasteiger charge is 2.26. The maximum absolute atomic E-state index is 12.5. The quantitative estimate of drug-likeness (QED) is 0.752. The number of hydrogen-bond acceptors (Lipinski definition) is 4. The highest BCUT2D eigenvalue weighted by atomic mass is 32.1. The van der Waals surface area contributed by atoms with E-state index in [0.717, 1.165) is 25.7 Å². The van der Waals surface area contributed by atoms with Crippen LogP contribution in [0.4, 0.5) is 0 Å². The van der Waals surface area contributed by atoms with Crippen LogP contribution in [0.1, 0.15) is 36.0 Å². The molecule has 2 atom stereocenters. The number of ether oxygens (including phenoxy) is 1. The smallest absolute Gasteiger partial charge is 0.259 e. The van der Waals surface area contributed by atoms with Crippen molar-refractivity contribution in [3.05, 3.63) is 38.9 Å². The fourth-order valence-corrected chi connectivity index (χ4v) is 3.31. The lowest BCUT2D eigenvalue weighted by Gasteiger charge is -2.31. The second kappa shape index (κ2) is 6.64. The van der Waals surface area contributed by atoms with E-state index >= 15 is 0 Å². The van der Waals surface area contributed by atoms with E-state index in [9.17, 15) is 9.59 Å². The molecule has 1 saturated carbocycles. The summed E-state index contributed by atoms with van der Waals surface area (Å²) in [5, 5.41) is 3.51. The van der Waals surface area contributed by atoms with Crippen molar-refractivity contribution < 1.29 is 9.53 Å². The van der Waals surface area contributed by atoms with Gasteiger partial charge in [-0.1, -0.05) is 12.8 Å². The summed E-state index contributed by atoms with van der Waals surface area (Å²) < 4.78 is 5.70. The summed E-state index contributed by atoms with van der Waals surface area (Å²) in [6.07, 6.45) is 4.15. The maximum Gasteiger partial charge on any atom is 0.259 e. The van der Waals surface area contributed by atoms with E-state index in [2.05, 4.69) is 15.3 Å². The largest absolute Gasteiger partial charge is 0.379 e. The van der Waals surface area contributed by atoms with Crippen molar-refractivity contribution in [2.24, 2.45) is 0 Å². The predicted octanol–water partition coefficient (Wildman–Crippen LogP) is 2.27. The third-order valence-electron chi connectivity index (χ3n) is 4.32. The first-order valence-electron chi connectivity index (χ1n) is 7.68. The summed E-state index contributed by atoms with van der Waals surface area (Å²) in [7, 11) is 1.68. The second-order valence-electron chi connectivity index (χ2n) is 5.81. The van der Waals surface area contributed by atoms with Crippen LogP contribution in [0.15, 0.2) is 23.0 Å². The lowest BCUT2D eigenvalue weighted by Crippen LogP contribution is -2.45. The standard InChI is InChI=1S/C16H19N3O3S/c1-22-13-5-3-2-4-11(13)17-14(20)9-6-7-10-12(8-9)18-16(23)19-15(10)21/h6-8,11,13H,2-5H2,1H3,(H,17,20)(H2,18,19,21,23)/t11-,13+/m1/s1. The number of aromatic nitrogens is 2. The van der Waals surface area contributed by atoms with Crippen molar-refractivity contribution in [3.8, 4) is 0 Å². The van der Waals surface area contributed by atoms with Crippen molar-refractivity contribution in [1.82, 2.24) is 15.3 Å². The molecule has 1 aliphatic rings. The van der Waals surface area contributed by atoms with Gasteiger partial charge in [0.1, 0.15) is 0 Å². The van der Waals surface area contributed by atoms with Crippen molar-refractivity contribution in [2.45, 2.75) is 37.8 Å². The van der Waals surface area contributed by atoms with Crippen LogP contribution >= 0.6 is 12.2 Å². The zero-order chi connectivity index (χ0) is 16.4. The SMILES string of the molecule is CO[C@H]1CCCC[C@H]1NC(=O)c1ccc2c(=O)[nH]c(=S)[nH]c2c1. The summed E-state index contributed by atoms with van der Waals surface area (Å²) in [4.78, 5) is 29.7. The van der Waals surface area contributed by atoms with E-state index in [1.165, 1.54) is 0 Å². The summed E-state index contributed by atoms with van der Waals surface area (Å²) in [6, 6.07) is 4.95. The minimum absolute atomic E-state index is 0.0228. The molecule has 1 aromatic carbocycles. The van der Waals surface area contributed by atoms with Crippen molar-refractivity contribution in [2.75, 3.05) is 7.11 Å². The molecule has 122 valence electrons. The molecule has 3 N–H and O–H groups in total. The van der Waals surface area contributed by atoms with Gasteiger partial charge < -0.3 is 15.0 Å². The summed E-state index contributed by atoms with van der Waals surface area (Å²) >= 11 is 4.97. The van der Waals surface area contributed by atoms with Gasteiger partial charge in [-0.15, -0.1) is 0 Å². The van der Waals surface area contributed by atoms with Gasteiger partial charge in [-0.25, -0.2) is 0 Å². The molecular formula is C16H19N3O3S. The van der Waals surface area contributed by atoms with Gasteiger partial charge in [0.2, 0.25) is 0 Å². The number of fused-ring (bicyclic) bond motifs is 1. The molecule has 3 rings (SSSR count). The second-order valence-corrected chi connectivity index (χ2v) is 6.22. The molecule has 1 aromatic heterocycles. The Morgan fingerprint density at radius 2 is 2.09 bits per heavy atom. The minimum Gasteiger partial charge on any atom is -0.379 e. The zero-order valence-corrected chi connectivity index (χ0v) is 13.7. The normalized spacial score (nSPS) is 21.3. The predicted molar refractivity (Wildman–Crippen MR) is 90.3 cm³/mol. The first kappa shape index (κ1) is 15.9. The molecule has 0 radical (unpaired) electrons. The fraction of sp³-hybridized carbons (Fsp3) is 0.438. The Morgan fingerprint density at radius 3 is 2.87 bits per heavy atom. The van der Waals surface area contributed by atoms with Crippen molar-refractivity contribution in [3.63, 3.8) is 0 Å². The molecule has 1 amide bonds. The van der Waals surface area contributed by atoms with Gasteiger partial charge in [0.15, 0.2) is 4.77 Å². The van der Waals surface area contributed by atoms with Crippen LogP contribution in [0.5, 0.6) is 0 Å². The van der Waals surface area contributed by atoms with Crippen LogP contribution in [0.2, 0.25) is 0 Å². The van der Waals surface area contributed by atoms with Crippen LogP contribution in [-0.2, 0) is 4.74 Å². The van der Waals surface area contributed by atoms with Gasteiger partial charge in [-0.2, -0.15) is 0 Å². The van der Waals surface area contributed by atoms with Crippen LogP contribution in [0.25, 0.3) is 10.9 Å². The molecule has 0 spiro atoms. The molecule has 0 aliphatic heterocycles. The molecule has 7 heteroatoms. The molecule has 0 unspecified atom stereocenters. The average molecular weight is 333 g/mol. The van der Waals surface area contributed by atoms with Crippen LogP contribution in [0.3, 0.4) is 0 Å². The number of carbonyl (C=O) groups excluding carboxylic acids is 1. The Hall–Kier alpha value is -1.99. The number of hydrogen-bond donors (Lipinski definition) is 3. The monoisotopic (exact) mass is 333 g/mol. The Bertz CT molecular complexity index is 842. The molecule has 0 saturated heterocycles. The van der Waals surface area contributed by atoms with Crippen LogP contribution < -0.4 is 10.9 Å². The van der Waals surface area contributed by atoms with Crippen LogP contribution in [0, 0.1) is 4.77 Å². The van der Waals surface area contributed by atoms with E-state index < -0.39 is 0 Å². The number of carbonyl (C=O) groups is 1. The highest BCUT2D eigenvalue weighted by Crippen LogP contribution is 2.21. The van der Waals surface area contributed by atoms with E-state index in [4.69, 9.17) is 17.0 Å². The Labute approximate surface area is 138 Å². The molecular weight excluding hydrogens is 314 g/mol. The van der Waals surface area contributed by atoms with Gasteiger partial charge >= 0.3 is 0 Å². The van der Waals surface area contributed by atoms with E-state index in [-0.39, 0.29) is 28.4 Å². The number of rotatable bonds is 3. The van der Waals surface area contributed by atoms with Crippen molar-refractivity contribution in [1.29, 1.82) is 0 Å². The van der Waals surface area contributed by atoms with E-state index in [0.29, 0.717) is 16.5 Å². The molecule has 1 fully saturated rings. The lowest BCUT2D eigenvalue weighted by molar-refractivity contribution is 0.0392. The first-order chi connectivity index (χ1) is 11.1. The molecule has 2 aromatic rings. The zero-order valence-electron chi connectivity index (χ0n) is 12.8. The summed E-state index contributed by atoms with van der Waals surface area (Å²) in [5.41, 5.74) is 0.787. The molecule has 1 aliphatic carbocycles. The number of H-pyrrole nitrogens is 2. The summed E-state index contributed by atoms with van der Waals surface area (Å²) in [6.45, 7) is 0. The minimum atomic E-state index is -0.262. The van der Waals surface area contributed by atoms with E-state index in [1.54, 1.807) is 25.3 Å². The van der Waals surface area contributed by atoms with Gasteiger partial charge in [0.25, 0.3) is 11.5 Å². The van der Waals surface area contributed by atoms with Gasteiger partial charge in [-0.3, -0.25) is 14.6 Å². The number of methoxy groups -OCH3 is 1. The molecule has 1 heterocycles. The van der Waals surface area contributed by atoms with Gasteiger partial charge in [-0.05, 0) is 43.3 Å². The topological polar surface area (TPSA) is 87.0 Å². The van der Waals surface area contributed by atoms with E-state index in [1.807, 2.05) is 0 Å². The highest BCUT2D eigenvalue weighted by molar-refractivity contribution is 7.71. The number of amides is 1.